The summed E-state index contributed by atoms with van der Waals surface area (Å²) in [7, 11) is 0. The number of aromatic amines is 1. The lowest BCUT2D eigenvalue weighted by Crippen LogP contribution is -2.63. The van der Waals surface area contributed by atoms with Gasteiger partial charge in [-0.1, -0.05) is 30.3 Å². The number of aliphatic hydroxyl groups is 7. The number of aliphatic hydroxyl groups excluding tert-OH is 5. The van der Waals surface area contributed by atoms with Crippen molar-refractivity contribution in [1.82, 2.24) is 4.98 Å². The predicted molar refractivity (Wildman–Crippen MR) is 137 cm³/mol. The molecule has 8 N–H and O–H groups in total. The molecule has 1 aliphatic heterocycles. The van der Waals surface area contributed by atoms with Gasteiger partial charge in [-0.3, -0.25) is 0 Å². The molecule has 0 radical (unpaired) electrons. The summed E-state index contributed by atoms with van der Waals surface area (Å²) in [5, 5.41) is 77.6. The second kappa shape index (κ2) is 9.22. The van der Waals surface area contributed by atoms with E-state index in [4.69, 9.17) is 9.47 Å². The summed E-state index contributed by atoms with van der Waals surface area (Å²) in [4.78, 5) is 16.4. The van der Waals surface area contributed by atoms with Gasteiger partial charge in [-0.15, -0.1) is 0 Å². The molecule has 206 valence electrons. The minimum Gasteiger partial charge on any atom is -0.422 e. The van der Waals surface area contributed by atoms with Crippen LogP contribution in [-0.4, -0.2) is 89.1 Å². The van der Waals surface area contributed by atoms with Crippen LogP contribution in [0.5, 0.6) is 5.75 Å². The zero-order valence-electron chi connectivity index (χ0n) is 20.7. The lowest BCUT2D eigenvalue weighted by molar-refractivity contribution is -0.326. The first-order valence-corrected chi connectivity index (χ1v) is 12.7. The van der Waals surface area contributed by atoms with Crippen LogP contribution in [0.3, 0.4) is 0 Å². The van der Waals surface area contributed by atoms with Crippen LogP contribution in [0.15, 0.2) is 48.5 Å². The van der Waals surface area contributed by atoms with E-state index >= 15 is 0 Å². The number of aromatic nitrogens is 1. The van der Waals surface area contributed by atoms with E-state index in [9.17, 15) is 40.5 Å². The van der Waals surface area contributed by atoms with Crippen LogP contribution >= 0.6 is 0 Å². The standard InChI is InChI=1S/C28H29NO10/c30-11-16-9-17(32)10-27(16,36)28(37)25(34)22(33)24(39-28)26(35)38-23-20(12-31)29-19-6-5-15-7-13-3-1-2-4-14(13)8-18(15)21(19)23/h1-8,16-17,22,24-25,29-34,36-37H,9-12H2/t16-,17+,22-,24+,25+,27-,28+/m0/s1. The van der Waals surface area contributed by atoms with Crippen LogP contribution in [0.25, 0.3) is 32.4 Å². The van der Waals surface area contributed by atoms with Gasteiger partial charge < -0.3 is 50.2 Å². The van der Waals surface area contributed by atoms with Crippen LogP contribution in [0.2, 0.25) is 0 Å². The Balaban J connectivity index is 1.39. The molecule has 39 heavy (non-hydrogen) atoms. The quantitative estimate of drug-likeness (QED) is 0.128. The molecule has 1 aliphatic carbocycles. The molecule has 0 unspecified atom stereocenters. The van der Waals surface area contributed by atoms with Gasteiger partial charge in [0, 0.05) is 18.9 Å². The van der Waals surface area contributed by atoms with Crippen molar-refractivity contribution in [1.29, 1.82) is 0 Å². The molecule has 6 rings (SSSR count). The summed E-state index contributed by atoms with van der Waals surface area (Å²) in [6.45, 7) is -1.16. The number of carbonyl (C=O) groups excluding carboxylic acids is 1. The van der Waals surface area contributed by atoms with Crippen molar-refractivity contribution in [2.24, 2.45) is 5.92 Å². The average molecular weight is 540 g/mol. The minimum atomic E-state index is -2.88. The highest BCUT2D eigenvalue weighted by Gasteiger charge is 2.70. The highest BCUT2D eigenvalue weighted by atomic mass is 16.7. The fraction of sp³-hybridized carbons (Fsp3) is 0.393. The number of hydrogen-bond acceptors (Lipinski definition) is 10. The summed E-state index contributed by atoms with van der Waals surface area (Å²) in [5.74, 6) is -5.17. The Hall–Kier alpha value is -3.13. The van der Waals surface area contributed by atoms with Gasteiger partial charge in [0.25, 0.3) is 0 Å². The van der Waals surface area contributed by atoms with Crippen LogP contribution in [0.4, 0.5) is 0 Å². The molecule has 3 aromatic carbocycles. The van der Waals surface area contributed by atoms with Gasteiger partial charge in [0.05, 0.1) is 29.3 Å². The van der Waals surface area contributed by atoms with Gasteiger partial charge >= 0.3 is 5.97 Å². The number of esters is 1. The van der Waals surface area contributed by atoms with Crippen LogP contribution in [0.1, 0.15) is 18.5 Å². The van der Waals surface area contributed by atoms with Crippen molar-refractivity contribution in [2.45, 2.75) is 55.3 Å². The van der Waals surface area contributed by atoms with Gasteiger partial charge in [0.1, 0.15) is 17.8 Å². The molecule has 2 fully saturated rings. The third-order valence-corrected chi connectivity index (χ3v) is 8.23. The number of hydrogen-bond donors (Lipinski definition) is 8. The SMILES string of the molecule is O=C(Oc1c(CO)[nH]c2ccc3cc4ccccc4cc3c12)[C@@H]1O[C@@](O)([C@]2(O)C[C@H](O)C[C@H]2CO)[C@H](O)[C@H]1O. The molecule has 1 aromatic heterocycles. The first kappa shape index (κ1) is 26.1. The molecule has 4 aromatic rings. The average Bonchev–Trinajstić information content (AvgIpc) is 3.53. The maximum atomic E-state index is 13.3. The van der Waals surface area contributed by atoms with E-state index in [1.807, 2.05) is 42.5 Å². The fourth-order valence-electron chi connectivity index (χ4n) is 6.19. The molecule has 1 saturated carbocycles. The number of nitrogens with one attached hydrogen (secondary N) is 1. The lowest BCUT2D eigenvalue weighted by atomic mass is 9.80. The molecule has 11 nitrogen and oxygen atoms in total. The van der Waals surface area contributed by atoms with Gasteiger partial charge in [0.15, 0.2) is 11.9 Å². The molecule has 0 amide bonds. The Kier molecular flexibility index (Phi) is 6.17. The molecule has 0 spiro atoms. The summed E-state index contributed by atoms with van der Waals surface area (Å²) < 4.78 is 11.1. The van der Waals surface area contributed by atoms with Crippen LogP contribution in [-0.2, 0) is 16.1 Å². The lowest BCUT2D eigenvalue weighted by Gasteiger charge is -2.42. The molecular formula is C28H29NO10. The number of rotatable bonds is 5. The molecule has 11 heteroatoms. The third-order valence-electron chi connectivity index (χ3n) is 8.23. The maximum Gasteiger partial charge on any atom is 0.343 e. The second-order valence-electron chi connectivity index (χ2n) is 10.5. The number of benzene rings is 3. The molecule has 2 heterocycles. The second-order valence-corrected chi connectivity index (χ2v) is 10.5. The minimum absolute atomic E-state index is 0.0117. The smallest absolute Gasteiger partial charge is 0.343 e. The molecule has 7 atom stereocenters. The highest BCUT2D eigenvalue weighted by molar-refractivity contribution is 6.14. The molecular weight excluding hydrogens is 510 g/mol. The first-order valence-electron chi connectivity index (χ1n) is 12.7. The van der Waals surface area contributed by atoms with Crippen molar-refractivity contribution >= 4 is 38.4 Å². The van der Waals surface area contributed by atoms with Crippen molar-refractivity contribution < 1.29 is 50.0 Å². The number of carbonyl (C=O) groups is 1. The highest BCUT2D eigenvalue weighted by Crippen LogP contribution is 2.49. The van der Waals surface area contributed by atoms with Crippen LogP contribution < -0.4 is 4.74 Å². The van der Waals surface area contributed by atoms with Gasteiger partial charge in [0.2, 0.25) is 5.79 Å². The Bertz CT molecular complexity index is 1590. The summed E-state index contributed by atoms with van der Waals surface area (Å²) >= 11 is 0. The van der Waals surface area contributed by atoms with Crippen molar-refractivity contribution in [3.8, 4) is 5.75 Å². The monoisotopic (exact) mass is 539 g/mol. The van der Waals surface area contributed by atoms with Gasteiger partial charge in [-0.2, -0.15) is 0 Å². The Labute approximate surface area is 221 Å². The Morgan fingerprint density at radius 1 is 1.03 bits per heavy atom. The summed E-state index contributed by atoms with van der Waals surface area (Å²) in [5.41, 5.74) is -1.60. The van der Waals surface area contributed by atoms with Crippen molar-refractivity contribution in [3.63, 3.8) is 0 Å². The Morgan fingerprint density at radius 3 is 2.44 bits per heavy atom. The van der Waals surface area contributed by atoms with E-state index < -0.39 is 67.3 Å². The van der Waals surface area contributed by atoms with Gasteiger partial charge in [-0.25, -0.2) is 4.79 Å². The van der Waals surface area contributed by atoms with E-state index in [0.717, 1.165) is 21.5 Å². The number of H-pyrrole nitrogens is 1. The van der Waals surface area contributed by atoms with Crippen LogP contribution in [0, 0.1) is 5.92 Å². The van der Waals surface area contributed by atoms with E-state index in [2.05, 4.69) is 4.98 Å². The van der Waals surface area contributed by atoms with E-state index in [1.54, 1.807) is 6.07 Å². The Morgan fingerprint density at radius 2 is 1.74 bits per heavy atom. The van der Waals surface area contributed by atoms with E-state index in [1.165, 1.54) is 0 Å². The molecule has 2 aliphatic rings. The molecule has 0 bridgehead atoms. The zero-order chi connectivity index (χ0) is 27.7. The van der Waals surface area contributed by atoms with Gasteiger partial charge in [-0.05, 0) is 46.2 Å². The number of ether oxygens (including phenoxy) is 2. The topological polar surface area (TPSA) is 193 Å². The molecule has 1 saturated heterocycles. The van der Waals surface area contributed by atoms with Crippen molar-refractivity contribution in [2.75, 3.05) is 6.61 Å². The predicted octanol–water partition coefficient (Wildman–Crippen LogP) is 0.175. The maximum absolute atomic E-state index is 13.3. The summed E-state index contributed by atoms with van der Waals surface area (Å²) in [6.07, 6.45) is -7.76. The fourth-order valence-corrected chi connectivity index (χ4v) is 6.19. The third kappa shape index (κ3) is 3.78. The van der Waals surface area contributed by atoms with E-state index in [-0.39, 0.29) is 17.9 Å². The summed E-state index contributed by atoms with van der Waals surface area (Å²) in [6, 6.07) is 15.3. The van der Waals surface area contributed by atoms with Crippen molar-refractivity contribution in [3.05, 3.63) is 54.2 Å². The number of fused-ring (bicyclic) bond motifs is 4. The van der Waals surface area contributed by atoms with E-state index in [0.29, 0.717) is 10.9 Å². The largest absolute Gasteiger partial charge is 0.422 e. The zero-order valence-corrected chi connectivity index (χ0v) is 20.7. The first-order chi connectivity index (χ1) is 18.6. The normalized spacial score (nSPS) is 32.9.